The Balaban J connectivity index is 2.08. The van der Waals surface area contributed by atoms with E-state index in [0.29, 0.717) is 13.1 Å². The van der Waals surface area contributed by atoms with Crippen LogP contribution in [0.5, 0.6) is 5.75 Å². The third kappa shape index (κ3) is 2.87. The van der Waals surface area contributed by atoms with Gasteiger partial charge in [0.1, 0.15) is 11.8 Å². The molecular weight excluding hydrogens is 386 g/mol. The minimum absolute atomic E-state index is 0.0531. The molecule has 0 aromatic heterocycles. The average molecular weight is 409 g/mol. The first-order valence-electron chi connectivity index (χ1n) is 10.3. The molecule has 1 aliphatic carbocycles. The van der Waals surface area contributed by atoms with Gasteiger partial charge in [-0.2, -0.15) is 15.8 Å². The first kappa shape index (κ1) is 20.5. The molecule has 2 unspecified atom stereocenters. The van der Waals surface area contributed by atoms with Gasteiger partial charge in [-0.05, 0) is 29.1 Å². The van der Waals surface area contributed by atoms with Crippen molar-refractivity contribution in [2.45, 2.75) is 12.8 Å². The van der Waals surface area contributed by atoms with Crippen LogP contribution in [0.2, 0.25) is 0 Å². The molecule has 154 valence electrons. The maximum absolute atomic E-state index is 10.3. The monoisotopic (exact) mass is 409 g/mol. The van der Waals surface area contributed by atoms with Crippen molar-refractivity contribution in [3.05, 3.63) is 64.9 Å². The zero-order valence-corrected chi connectivity index (χ0v) is 17.6. The largest absolute Gasteiger partial charge is 0.496 e. The minimum Gasteiger partial charge on any atom is -0.496 e. The predicted octanol–water partition coefficient (Wildman–Crippen LogP) is 3.59. The second-order valence-electron chi connectivity index (χ2n) is 7.93. The third-order valence-electron chi connectivity index (χ3n) is 6.66. The van der Waals surface area contributed by atoms with Crippen LogP contribution in [0.15, 0.2) is 59.3 Å². The fourth-order valence-electron chi connectivity index (χ4n) is 5.09. The number of nitriles is 3. The molecule has 2 aliphatic rings. The number of likely N-dealkylation sites (N-methyl/N-ethyl adjacent to an activating group) is 1. The zero-order chi connectivity index (χ0) is 22.2. The van der Waals surface area contributed by atoms with E-state index in [1.807, 2.05) is 42.5 Å². The lowest BCUT2D eigenvalue weighted by Gasteiger charge is -2.45. The quantitative estimate of drug-likeness (QED) is 0.829. The van der Waals surface area contributed by atoms with Crippen LogP contribution in [0, 0.1) is 45.3 Å². The van der Waals surface area contributed by atoms with Crippen molar-refractivity contribution in [1.82, 2.24) is 4.90 Å². The van der Waals surface area contributed by atoms with Crippen molar-refractivity contribution < 1.29 is 4.74 Å². The lowest BCUT2D eigenvalue weighted by Crippen LogP contribution is -2.48. The summed E-state index contributed by atoms with van der Waals surface area (Å²) in [5.41, 5.74) is 6.83. The van der Waals surface area contributed by atoms with Gasteiger partial charge in [0, 0.05) is 30.3 Å². The standard InChI is InChI=1S/C25H23N5O/c1-3-30-11-10-17-20(12-26)24(29)25(14-27,15-28)23(21(17)13-30)19-8-9-22(31-2)18-7-5-4-6-16(18)19/h4-10,21,23H,3,11,13,29H2,1-2H3. The van der Waals surface area contributed by atoms with Crippen molar-refractivity contribution in [1.29, 1.82) is 15.8 Å². The second kappa shape index (κ2) is 7.80. The van der Waals surface area contributed by atoms with Gasteiger partial charge < -0.3 is 10.5 Å². The first-order valence-corrected chi connectivity index (χ1v) is 10.3. The van der Waals surface area contributed by atoms with Gasteiger partial charge in [0.2, 0.25) is 0 Å². The molecule has 6 heteroatoms. The van der Waals surface area contributed by atoms with E-state index < -0.39 is 11.3 Å². The number of rotatable bonds is 3. The van der Waals surface area contributed by atoms with Gasteiger partial charge in [-0.25, -0.2) is 0 Å². The maximum atomic E-state index is 10.3. The van der Waals surface area contributed by atoms with Crippen LogP contribution in [0.25, 0.3) is 10.8 Å². The average Bonchev–Trinajstić information content (AvgIpc) is 2.82. The lowest BCUT2D eigenvalue weighted by molar-refractivity contribution is 0.215. The van der Waals surface area contributed by atoms with Crippen LogP contribution in [0.4, 0.5) is 0 Å². The van der Waals surface area contributed by atoms with Crippen LogP contribution < -0.4 is 10.5 Å². The number of hydrogen-bond acceptors (Lipinski definition) is 6. The van der Waals surface area contributed by atoms with Crippen molar-refractivity contribution in [3.63, 3.8) is 0 Å². The fourth-order valence-corrected chi connectivity index (χ4v) is 5.09. The van der Waals surface area contributed by atoms with Crippen LogP contribution in [0.1, 0.15) is 18.4 Å². The molecule has 0 bridgehead atoms. The fraction of sp³-hybridized carbons (Fsp3) is 0.320. The Hall–Kier alpha value is -3.79. The Kier molecular flexibility index (Phi) is 5.15. The van der Waals surface area contributed by atoms with Crippen molar-refractivity contribution >= 4 is 10.8 Å². The summed E-state index contributed by atoms with van der Waals surface area (Å²) < 4.78 is 5.54. The first-order chi connectivity index (χ1) is 15.1. The molecule has 0 fully saturated rings. The van der Waals surface area contributed by atoms with Gasteiger partial charge in [0.15, 0.2) is 5.41 Å². The van der Waals surface area contributed by atoms with E-state index in [1.54, 1.807) is 7.11 Å². The molecule has 0 saturated heterocycles. The van der Waals surface area contributed by atoms with Gasteiger partial charge in [-0.15, -0.1) is 0 Å². The smallest absolute Gasteiger partial charge is 0.191 e. The predicted molar refractivity (Wildman–Crippen MR) is 117 cm³/mol. The minimum atomic E-state index is -1.64. The topological polar surface area (TPSA) is 110 Å². The summed E-state index contributed by atoms with van der Waals surface area (Å²) >= 11 is 0. The van der Waals surface area contributed by atoms with Crippen LogP contribution >= 0.6 is 0 Å². The molecule has 1 heterocycles. The van der Waals surface area contributed by atoms with E-state index in [9.17, 15) is 15.8 Å². The highest BCUT2D eigenvalue weighted by Crippen LogP contribution is 2.55. The van der Waals surface area contributed by atoms with Crippen LogP contribution in [0.3, 0.4) is 0 Å². The molecule has 0 radical (unpaired) electrons. The number of benzene rings is 2. The molecule has 0 spiro atoms. The number of nitrogens with two attached hydrogens (primary N) is 1. The molecule has 0 saturated carbocycles. The van der Waals surface area contributed by atoms with Crippen molar-refractivity contribution in [3.8, 4) is 24.0 Å². The van der Waals surface area contributed by atoms with Gasteiger partial charge in [0.05, 0.1) is 30.5 Å². The highest BCUT2D eigenvalue weighted by molar-refractivity contribution is 5.92. The molecule has 2 aromatic carbocycles. The van der Waals surface area contributed by atoms with E-state index in [4.69, 9.17) is 10.5 Å². The van der Waals surface area contributed by atoms with E-state index in [2.05, 4.69) is 30.0 Å². The molecule has 0 amide bonds. The number of allylic oxidation sites excluding steroid dienone is 2. The molecule has 2 aromatic rings. The summed E-state index contributed by atoms with van der Waals surface area (Å²) in [5.74, 6) is 0.00764. The van der Waals surface area contributed by atoms with Crippen molar-refractivity contribution in [2.75, 3.05) is 26.7 Å². The molecule has 4 rings (SSSR count). The summed E-state index contributed by atoms with van der Waals surface area (Å²) in [6.07, 6.45) is 2.03. The summed E-state index contributed by atoms with van der Waals surface area (Å²) in [7, 11) is 1.62. The number of ether oxygens (including phenoxy) is 1. The van der Waals surface area contributed by atoms with Gasteiger partial charge in [-0.3, -0.25) is 4.90 Å². The number of methoxy groups -OCH3 is 1. The summed E-state index contributed by atoms with van der Waals surface area (Å²) in [5, 5.41) is 32.3. The number of fused-ring (bicyclic) bond motifs is 2. The summed E-state index contributed by atoms with van der Waals surface area (Å²) in [4.78, 5) is 2.25. The van der Waals surface area contributed by atoms with E-state index in [-0.39, 0.29) is 17.2 Å². The number of nitrogens with zero attached hydrogens (tertiary/aromatic N) is 4. The third-order valence-corrected chi connectivity index (χ3v) is 6.66. The van der Waals surface area contributed by atoms with E-state index >= 15 is 0 Å². The lowest BCUT2D eigenvalue weighted by atomic mass is 9.57. The number of hydrogen-bond donors (Lipinski definition) is 1. The molecule has 6 nitrogen and oxygen atoms in total. The molecule has 1 aliphatic heterocycles. The van der Waals surface area contributed by atoms with Gasteiger partial charge >= 0.3 is 0 Å². The van der Waals surface area contributed by atoms with Crippen LogP contribution in [-0.4, -0.2) is 31.6 Å². The molecule has 2 atom stereocenters. The Morgan fingerprint density at radius 1 is 1.13 bits per heavy atom. The highest BCUT2D eigenvalue weighted by atomic mass is 16.5. The normalized spacial score (nSPS) is 22.6. The maximum Gasteiger partial charge on any atom is 0.191 e. The van der Waals surface area contributed by atoms with E-state index in [0.717, 1.165) is 34.2 Å². The van der Waals surface area contributed by atoms with Crippen LogP contribution in [-0.2, 0) is 0 Å². The molecular formula is C25H23N5O. The molecule has 2 N–H and O–H groups in total. The SMILES string of the molecule is CCN1CC=C2C(C#N)=C(N)C(C#N)(C#N)C(c3ccc(OC)c4ccccc34)C2C1. The Labute approximate surface area is 182 Å². The molecule has 31 heavy (non-hydrogen) atoms. The zero-order valence-electron chi connectivity index (χ0n) is 17.6. The van der Waals surface area contributed by atoms with Crippen molar-refractivity contribution in [2.24, 2.45) is 17.1 Å². The highest BCUT2D eigenvalue weighted by Gasteiger charge is 2.54. The van der Waals surface area contributed by atoms with Gasteiger partial charge in [-0.1, -0.05) is 43.3 Å². The Bertz CT molecular complexity index is 1220. The Morgan fingerprint density at radius 2 is 1.84 bits per heavy atom. The summed E-state index contributed by atoms with van der Waals surface area (Å²) in [6.45, 7) is 4.28. The summed E-state index contributed by atoms with van der Waals surface area (Å²) in [6, 6.07) is 18.2. The second-order valence-corrected chi connectivity index (χ2v) is 7.93. The van der Waals surface area contributed by atoms with E-state index in [1.165, 1.54) is 0 Å². The Morgan fingerprint density at radius 3 is 2.45 bits per heavy atom. The van der Waals surface area contributed by atoms with Gasteiger partial charge in [0.25, 0.3) is 0 Å².